The fraction of sp³-hybridized carbons (Fsp3) is 0.263. The number of nitrogen functional groups attached to an aromatic ring is 1. The second-order valence-electron chi connectivity index (χ2n) is 5.96. The van der Waals surface area contributed by atoms with Crippen LogP contribution in [0.2, 0.25) is 0 Å². The summed E-state index contributed by atoms with van der Waals surface area (Å²) in [5.41, 5.74) is 8.65. The molecule has 0 bridgehead atoms. The minimum atomic E-state index is -0.789. The molecule has 2 aromatic carbocycles. The van der Waals surface area contributed by atoms with Gasteiger partial charge in [0.1, 0.15) is 11.8 Å². The first-order valence-corrected chi connectivity index (χ1v) is 8.20. The lowest BCUT2D eigenvalue weighted by molar-refractivity contribution is -0.128. The van der Waals surface area contributed by atoms with Crippen LogP contribution in [0.15, 0.2) is 42.5 Å². The van der Waals surface area contributed by atoms with Gasteiger partial charge in [-0.2, -0.15) is 0 Å². The van der Waals surface area contributed by atoms with Gasteiger partial charge in [-0.05, 0) is 43.7 Å². The molecule has 1 atom stereocenters. The number of aryl methyl sites for hydroxylation is 1. The van der Waals surface area contributed by atoms with Crippen LogP contribution in [0.5, 0.6) is 5.75 Å². The number of amides is 2. The predicted octanol–water partition coefficient (Wildman–Crippen LogP) is 2.18. The number of ether oxygens (including phenoxy) is 1. The Morgan fingerprint density at radius 3 is 2.68 bits per heavy atom. The molecule has 6 nitrogen and oxygen atoms in total. The molecule has 1 aliphatic heterocycles. The van der Waals surface area contributed by atoms with E-state index in [9.17, 15) is 9.59 Å². The van der Waals surface area contributed by atoms with Crippen molar-refractivity contribution in [3.8, 4) is 5.75 Å². The minimum absolute atomic E-state index is 0.102. The second-order valence-corrected chi connectivity index (χ2v) is 5.96. The zero-order valence-corrected chi connectivity index (χ0v) is 14.3. The van der Waals surface area contributed by atoms with Crippen LogP contribution in [0.25, 0.3) is 0 Å². The highest BCUT2D eigenvalue weighted by atomic mass is 16.5. The molecule has 1 unspecified atom stereocenters. The third-order valence-corrected chi connectivity index (χ3v) is 4.24. The zero-order valence-electron chi connectivity index (χ0n) is 14.3. The number of nitrogens with one attached hydrogen (secondary N) is 1. The molecular formula is C19H21N3O3. The minimum Gasteiger partial charge on any atom is -0.483 e. The number of hydrogen-bond acceptors (Lipinski definition) is 4. The molecule has 1 heterocycles. The lowest BCUT2D eigenvalue weighted by Crippen LogP contribution is -2.43. The summed E-state index contributed by atoms with van der Waals surface area (Å²) in [4.78, 5) is 26.9. The number of likely N-dealkylation sites (N-methyl/N-ethyl adjacent to an activating group) is 1. The molecule has 0 aromatic heterocycles. The van der Waals surface area contributed by atoms with Crippen LogP contribution in [-0.4, -0.2) is 25.0 Å². The Morgan fingerprint density at radius 2 is 2.00 bits per heavy atom. The van der Waals surface area contributed by atoms with Gasteiger partial charge in [-0.1, -0.05) is 18.2 Å². The summed E-state index contributed by atoms with van der Waals surface area (Å²) in [7, 11) is 0. The smallest absolute Gasteiger partial charge is 0.258 e. The van der Waals surface area contributed by atoms with E-state index in [-0.39, 0.29) is 18.4 Å². The molecule has 2 amide bonds. The van der Waals surface area contributed by atoms with E-state index >= 15 is 0 Å². The first kappa shape index (κ1) is 16.8. The van der Waals surface area contributed by atoms with E-state index in [0.717, 1.165) is 11.3 Å². The van der Waals surface area contributed by atoms with E-state index in [1.807, 2.05) is 32.0 Å². The van der Waals surface area contributed by atoms with E-state index in [2.05, 4.69) is 5.32 Å². The number of nitrogens with two attached hydrogens (primary N) is 1. The van der Waals surface area contributed by atoms with Gasteiger partial charge in [0.05, 0.1) is 0 Å². The molecule has 0 saturated carbocycles. The summed E-state index contributed by atoms with van der Waals surface area (Å²) in [5, 5.41) is 2.78. The maximum atomic E-state index is 13.2. The van der Waals surface area contributed by atoms with Gasteiger partial charge in [0.2, 0.25) is 0 Å². The Labute approximate surface area is 146 Å². The van der Waals surface area contributed by atoms with Crippen LogP contribution in [0.1, 0.15) is 24.1 Å². The highest BCUT2D eigenvalue weighted by Crippen LogP contribution is 2.32. The first-order chi connectivity index (χ1) is 12.0. The van der Waals surface area contributed by atoms with Crippen LogP contribution >= 0.6 is 0 Å². The topological polar surface area (TPSA) is 84.7 Å². The molecule has 0 aliphatic carbocycles. The number of anilines is 2. The van der Waals surface area contributed by atoms with Crippen molar-refractivity contribution >= 4 is 23.2 Å². The molecule has 130 valence electrons. The predicted molar refractivity (Wildman–Crippen MR) is 96.4 cm³/mol. The number of benzene rings is 2. The average Bonchev–Trinajstić information content (AvgIpc) is 2.77. The van der Waals surface area contributed by atoms with Crippen molar-refractivity contribution in [1.29, 1.82) is 0 Å². The van der Waals surface area contributed by atoms with Crippen LogP contribution in [0, 0.1) is 6.92 Å². The van der Waals surface area contributed by atoms with Gasteiger partial charge in [-0.3, -0.25) is 9.59 Å². The number of para-hydroxylation sites is 1. The van der Waals surface area contributed by atoms with E-state index in [0.29, 0.717) is 23.5 Å². The Bertz CT molecular complexity index is 802. The summed E-state index contributed by atoms with van der Waals surface area (Å²) in [6.45, 7) is 4.15. The molecular weight excluding hydrogens is 318 g/mol. The SMILES string of the molecule is CCN(C(=O)C1NC(=O)COc2c(C)cccc21)c1ccc(N)cc1. The quantitative estimate of drug-likeness (QED) is 0.840. The molecule has 0 radical (unpaired) electrons. The molecule has 6 heteroatoms. The monoisotopic (exact) mass is 339 g/mol. The van der Waals surface area contributed by atoms with Crippen molar-refractivity contribution in [2.75, 3.05) is 23.8 Å². The van der Waals surface area contributed by atoms with Gasteiger partial charge in [-0.15, -0.1) is 0 Å². The van der Waals surface area contributed by atoms with Crippen LogP contribution in [0.3, 0.4) is 0 Å². The van der Waals surface area contributed by atoms with Gasteiger partial charge in [-0.25, -0.2) is 0 Å². The fourth-order valence-corrected chi connectivity index (χ4v) is 2.99. The third-order valence-electron chi connectivity index (χ3n) is 4.24. The van der Waals surface area contributed by atoms with E-state index < -0.39 is 6.04 Å². The highest BCUT2D eigenvalue weighted by molar-refractivity contribution is 6.00. The molecule has 0 fully saturated rings. The molecule has 3 rings (SSSR count). The maximum Gasteiger partial charge on any atom is 0.258 e. The van der Waals surface area contributed by atoms with Crippen molar-refractivity contribution in [3.63, 3.8) is 0 Å². The number of hydrogen-bond donors (Lipinski definition) is 2. The standard InChI is InChI=1S/C19H21N3O3/c1-3-22(14-9-7-13(20)8-10-14)19(24)17-15-6-4-5-12(2)18(15)25-11-16(23)21-17/h4-10,17H,3,11,20H2,1-2H3,(H,21,23). The third kappa shape index (κ3) is 3.28. The van der Waals surface area contributed by atoms with Gasteiger partial charge >= 0.3 is 0 Å². The average molecular weight is 339 g/mol. The number of fused-ring (bicyclic) bond motifs is 1. The lowest BCUT2D eigenvalue weighted by atomic mass is 10.0. The van der Waals surface area contributed by atoms with Gasteiger partial charge in [0.15, 0.2) is 6.61 Å². The Kier molecular flexibility index (Phi) is 4.61. The Hall–Kier alpha value is -3.02. The van der Waals surface area contributed by atoms with Gasteiger partial charge < -0.3 is 20.7 Å². The van der Waals surface area contributed by atoms with Crippen molar-refractivity contribution in [3.05, 3.63) is 53.6 Å². The second kappa shape index (κ2) is 6.84. The maximum absolute atomic E-state index is 13.2. The van der Waals surface area contributed by atoms with Gasteiger partial charge in [0.25, 0.3) is 11.8 Å². The number of carbonyl (C=O) groups is 2. The zero-order chi connectivity index (χ0) is 18.0. The van der Waals surface area contributed by atoms with Crippen molar-refractivity contribution in [2.24, 2.45) is 0 Å². The molecule has 3 N–H and O–H groups in total. The van der Waals surface area contributed by atoms with Crippen molar-refractivity contribution < 1.29 is 14.3 Å². The molecule has 25 heavy (non-hydrogen) atoms. The number of nitrogens with zero attached hydrogens (tertiary/aromatic N) is 1. The molecule has 0 spiro atoms. The van der Waals surface area contributed by atoms with E-state index in [1.54, 1.807) is 29.2 Å². The number of carbonyl (C=O) groups excluding carboxylic acids is 2. The van der Waals surface area contributed by atoms with Crippen molar-refractivity contribution in [2.45, 2.75) is 19.9 Å². The number of rotatable bonds is 3. The Morgan fingerprint density at radius 1 is 1.28 bits per heavy atom. The molecule has 0 saturated heterocycles. The largest absolute Gasteiger partial charge is 0.483 e. The summed E-state index contributed by atoms with van der Waals surface area (Å²) in [6, 6.07) is 11.9. The van der Waals surface area contributed by atoms with Gasteiger partial charge in [0, 0.05) is 23.5 Å². The highest BCUT2D eigenvalue weighted by Gasteiger charge is 2.32. The first-order valence-electron chi connectivity index (χ1n) is 8.20. The summed E-state index contributed by atoms with van der Waals surface area (Å²) in [5.74, 6) is 0.0628. The fourth-order valence-electron chi connectivity index (χ4n) is 2.99. The van der Waals surface area contributed by atoms with Crippen LogP contribution in [0.4, 0.5) is 11.4 Å². The molecule has 2 aromatic rings. The van der Waals surface area contributed by atoms with Crippen LogP contribution in [-0.2, 0) is 9.59 Å². The molecule has 1 aliphatic rings. The van der Waals surface area contributed by atoms with E-state index in [4.69, 9.17) is 10.5 Å². The Balaban J connectivity index is 2.01. The lowest BCUT2D eigenvalue weighted by Gasteiger charge is -2.27. The summed E-state index contributed by atoms with van der Waals surface area (Å²) in [6.07, 6.45) is 0. The van der Waals surface area contributed by atoms with Crippen molar-refractivity contribution in [1.82, 2.24) is 5.32 Å². The van der Waals surface area contributed by atoms with Crippen LogP contribution < -0.4 is 20.7 Å². The summed E-state index contributed by atoms with van der Waals surface area (Å²) >= 11 is 0. The normalized spacial score (nSPS) is 16.2. The van der Waals surface area contributed by atoms with E-state index in [1.165, 1.54) is 0 Å². The summed E-state index contributed by atoms with van der Waals surface area (Å²) < 4.78 is 5.61.